The topological polar surface area (TPSA) is 37.4 Å². The van der Waals surface area contributed by atoms with Crippen molar-refractivity contribution in [2.45, 2.75) is 38.9 Å². The van der Waals surface area contributed by atoms with Gasteiger partial charge in [0, 0.05) is 17.6 Å². The summed E-state index contributed by atoms with van der Waals surface area (Å²) in [5.74, 6) is -0.111. The molecule has 1 atom stereocenters. The van der Waals surface area contributed by atoms with Crippen molar-refractivity contribution in [3.05, 3.63) is 0 Å². The fraction of sp³-hybridized carbons (Fsp3) is 0.778. The normalized spacial score (nSPS) is 23.4. The van der Waals surface area contributed by atoms with Crippen LogP contribution in [0.1, 0.15) is 33.6 Å². The number of carbonyl (C=O) groups excluding carboxylic acids is 2. The van der Waals surface area contributed by atoms with Gasteiger partial charge >= 0.3 is 0 Å². The summed E-state index contributed by atoms with van der Waals surface area (Å²) in [4.78, 5) is 22.9. The first-order chi connectivity index (χ1) is 6.06. The number of hydrogen-bond acceptors (Lipinski definition) is 3. The van der Waals surface area contributed by atoms with E-state index < -0.39 is 0 Å². The average molecular weight is 201 g/mol. The second-order valence-corrected chi connectivity index (χ2v) is 5.01. The van der Waals surface area contributed by atoms with E-state index in [0.29, 0.717) is 6.42 Å². The lowest BCUT2D eigenvalue weighted by atomic mass is 10.1. The third-order valence-electron chi connectivity index (χ3n) is 2.01. The van der Waals surface area contributed by atoms with E-state index in [1.807, 2.05) is 20.8 Å². The van der Waals surface area contributed by atoms with Crippen LogP contribution in [0.2, 0.25) is 0 Å². The quantitative estimate of drug-likeness (QED) is 0.516. The van der Waals surface area contributed by atoms with Crippen LogP contribution in [0.25, 0.3) is 0 Å². The van der Waals surface area contributed by atoms with Gasteiger partial charge in [-0.05, 0) is 18.4 Å². The van der Waals surface area contributed by atoms with E-state index in [-0.39, 0.29) is 23.0 Å². The summed E-state index contributed by atoms with van der Waals surface area (Å²) >= 11 is 1.33. The Bertz CT molecular complexity index is 228. The van der Waals surface area contributed by atoms with Crippen LogP contribution in [0.4, 0.5) is 0 Å². The molecule has 1 rings (SSSR count). The van der Waals surface area contributed by atoms with Crippen molar-refractivity contribution in [1.82, 2.24) is 4.31 Å². The Morgan fingerprint density at radius 2 is 2.15 bits per heavy atom. The summed E-state index contributed by atoms with van der Waals surface area (Å²) < 4.78 is 1.33. The fourth-order valence-corrected chi connectivity index (χ4v) is 2.18. The lowest BCUT2D eigenvalue weighted by Crippen LogP contribution is -2.25. The molecule has 0 N–H and O–H groups in total. The Labute approximate surface area is 83.0 Å². The molecule has 2 amide bonds. The van der Waals surface area contributed by atoms with Crippen LogP contribution >= 0.6 is 11.9 Å². The lowest BCUT2D eigenvalue weighted by Gasteiger charge is -2.15. The maximum absolute atomic E-state index is 11.6. The molecule has 0 spiro atoms. The van der Waals surface area contributed by atoms with Crippen molar-refractivity contribution < 1.29 is 9.59 Å². The summed E-state index contributed by atoms with van der Waals surface area (Å²) in [7, 11) is 0. The van der Waals surface area contributed by atoms with Gasteiger partial charge in [0.2, 0.25) is 11.8 Å². The van der Waals surface area contributed by atoms with Gasteiger partial charge in [0.25, 0.3) is 0 Å². The van der Waals surface area contributed by atoms with Gasteiger partial charge in [0.15, 0.2) is 0 Å². The van der Waals surface area contributed by atoms with Crippen LogP contribution in [0, 0.1) is 5.92 Å². The largest absolute Gasteiger partial charge is 0.273 e. The smallest absolute Gasteiger partial charge is 0.242 e. The molecule has 4 heteroatoms. The van der Waals surface area contributed by atoms with E-state index in [9.17, 15) is 9.59 Å². The van der Waals surface area contributed by atoms with Gasteiger partial charge in [-0.1, -0.05) is 20.8 Å². The van der Waals surface area contributed by atoms with Crippen molar-refractivity contribution in [3.63, 3.8) is 0 Å². The summed E-state index contributed by atoms with van der Waals surface area (Å²) in [6.45, 7) is 5.90. The van der Waals surface area contributed by atoms with Gasteiger partial charge < -0.3 is 0 Å². The molecule has 0 aromatic rings. The van der Waals surface area contributed by atoms with Crippen molar-refractivity contribution >= 4 is 23.8 Å². The molecule has 1 fully saturated rings. The predicted octanol–water partition coefficient (Wildman–Crippen LogP) is 1.83. The van der Waals surface area contributed by atoms with E-state index in [2.05, 4.69) is 0 Å². The van der Waals surface area contributed by atoms with E-state index in [4.69, 9.17) is 0 Å². The highest BCUT2D eigenvalue weighted by Crippen LogP contribution is 2.29. The minimum Gasteiger partial charge on any atom is -0.273 e. The summed E-state index contributed by atoms with van der Waals surface area (Å²) in [6, 6.07) is 0. The van der Waals surface area contributed by atoms with Crippen LogP contribution in [0.5, 0.6) is 0 Å². The Balaban J connectivity index is 2.65. The molecule has 0 bridgehead atoms. The van der Waals surface area contributed by atoms with E-state index >= 15 is 0 Å². The molecule has 0 aliphatic carbocycles. The molecule has 1 aliphatic heterocycles. The monoisotopic (exact) mass is 201 g/mol. The zero-order valence-electron chi connectivity index (χ0n) is 8.24. The first-order valence-electron chi connectivity index (χ1n) is 4.59. The van der Waals surface area contributed by atoms with Crippen LogP contribution in [-0.4, -0.2) is 21.4 Å². The molecule has 0 aromatic heterocycles. The Morgan fingerprint density at radius 3 is 2.54 bits per heavy atom. The second kappa shape index (κ2) is 4.13. The summed E-state index contributed by atoms with van der Waals surface area (Å²) in [5, 5.41) is 0.281. The molecule has 0 radical (unpaired) electrons. The SMILES string of the molecule is CCC1CC(=O)N(SC(C)C)C1=O. The summed E-state index contributed by atoms with van der Waals surface area (Å²) in [6.07, 6.45) is 1.16. The highest BCUT2D eigenvalue weighted by Gasteiger charge is 2.38. The van der Waals surface area contributed by atoms with Gasteiger partial charge in [-0.15, -0.1) is 0 Å². The van der Waals surface area contributed by atoms with Crippen LogP contribution in [0.15, 0.2) is 0 Å². The molecule has 0 aromatic carbocycles. The van der Waals surface area contributed by atoms with E-state index in [1.165, 1.54) is 16.3 Å². The summed E-state index contributed by atoms with van der Waals surface area (Å²) in [5.41, 5.74) is 0. The standard InChI is InChI=1S/C9H15NO2S/c1-4-7-5-8(11)10(9(7)12)13-6(2)3/h6-7H,4-5H2,1-3H3. The van der Waals surface area contributed by atoms with Crippen molar-refractivity contribution in [3.8, 4) is 0 Å². The highest BCUT2D eigenvalue weighted by molar-refractivity contribution is 7.98. The van der Waals surface area contributed by atoms with Crippen LogP contribution < -0.4 is 0 Å². The second-order valence-electron chi connectivity index (χ2n) is 3.49. The number of hydrogen-bond donors (Lipinski definition) is 0. The van der Waals surface area contributed by atoms with Gasteiger partial charge in [-0.2, -0.15) is 0 Å². The first-order valence-corrected chi connectivity index (χ1v) is 5.43. The Kier molecular flexibility index (Phi) is 3.36. The number of carbonyl (C=O) groups is 2. The molecule has 1 aliphatic rings. The fourth-order valence-electron chi connectivity index (χ4n) is 1.31. The third kappa shape index (κ3) is 2.24. The van der Waals surface area contributed by atoms with Gasteiger partial charge in [-0.25, -0.2) is 4.31 Å². The van der Waals surface area contributed by atoms with Crippen molar-refractivity contribution in [2.24, 2.45) is 5.92 Å². The predicted molar refractivity (Wildman–Crippen MR) is 53.0 cm³/mol. The molecular formula is C9H15NO2S. The number of imide groups is 1. The van der Waals surface area contributed by atoms with Crippen LogP contribution in [-0.2, 0) is 9.59 Å². The number of rotatable bonds is 3. The van der Waals surface area contributed by atoms with Crippen molar-refractivity contribution in [1.29, 1.82) is 0 Å². The van der Waals surface area contributed by atoms with Gasteiger partial charge in [0.05, 0.1) is 0 Å². The molecule has 74 valence electrons. The molecule has 1 unspecified atom stereocenters. The molecule has 1 heterocycles. The molecule has 13 heavy (non-hydrogen) atoms. The minimum absolute atomic E-state index is 0.00815. The maximum atomic E-state index is 11.6. The van der Waals surface area contributed by atoms with Gasteiger partial charge in [0.1, 0.15) is 0 Å². The average Bonchev–Trinajstić information content (AvgIpc) is 2.31. The van der Waals surface area contributed by atoms with Crippen molar-refractivity contribution in [2.75, 3.05) is 0 Å². The molecule has 1 saturated heterocycles. The molecular weight excluding hydrogens is 186 g/mol. The first kappa shape index (κ1) is 10.6. The van der Waals surface area contributed by atoms with E-state index in [0.717, 1.165) is 6.42 Å². The molecule has 0 saturated carbocycles. The van der Waals surface area contributed by atoms with Crippen LogP contribution in [0.3, 0.4) is 0 Å². The highest BCUT2D eigenvalue weighted by atomic mass is 32.2. The number of amides is 2. The Morgan fingerprint density at radius 1 is 1.54 bits per heavy atom. The molecule has 3 nitrogen and oxygen atoms in total. The van der Waals surface area contributed by atoms with Gasteiger partial charge in [-0.3, -0.25) is 9.59 Å². The zero-order valence-corrected chi connectivity index (χ0v) is 9.06. The number of nitrogens with zero attached hydrogens (tertiary/aromatic N) is 1. The minimum atomic E-state index is -0.0706. The lowest BCUT2D eigenvalue weighted by molar-refractivity contribution is -0.132. The van der Waals surface area contributed by atoms with E-state index in [1.54, 1.807) is 0 Å². The zero-order chi connectivity index (χ0) is 10.0. The maximum Gasteiger partial charge on any atom is 0.242 e. The third-order valence-corrected chi connectivity index (χ3v) is 3.02. The Hall–Kier alpha value is -0.510.